The fraction of sp³-hybridized carbons (Fsp3) is 0.700. The van der Waals surface area contributed by atoms with E-state index >= 15 is 0 Å². The molecule has 15 heavy (non-hydrogen) atoms. The minimum atomic E-state index is -0.771. The third-order valence-corrected chi connectivity index (χ3v) is 1.57. The Hall–Kier alpha value is -0.910. The lowest BCUT2D eigenvalue weighted by Crippen LogP contribution is -2.34. The predicted octanol–water partition coefficient (Wildman–Crippen LogP) is -0.563. The third-order valence-electron chi connectivity index (χ3n) is 1.57. The summed E-state index contributed by atoms with van der Waals surface area (Å²) >= 11 is 0. The summed E-state index contributed by atoms with van der Waals surface area (Å²) < 4.78 is 4.73. The summed E-state index contributed by atoms with van der Waals surface area (Å²) in [6, 6.07) is 0. The highest BCUT2D eigenvalue weighted by atomic mass is 16.5. The molecule has 88 valence electrons. The number of nitrogens with one attached hydrogen (secondary N) is 1. The van der Waals surface area contributed by atoms with Crippen LogP contribution in [0.1, 0.15) is 13.8 Å². The van der Waals surface area contributed by atoms with E-state index in [0.717, 1.165) is 0 Å². The Labute approximate surface area is 89.7 Å². The van der Waals surface area contributed by atoms with Crippen LogP contribution in [0.3, 0.4) is 0 Å². The lowest BCUT2D eigenvalue weighted by molar-refractivity contribution is -0.141. The summed E-state index contributed by atoms with van der Waals surface area (Å²) in [4.78, 5) is 10.9. The maximum absolute atomic E-state index is 10.9. The van der Waals surface area contributed by atoms with Gasteiger partial charge < -0.3 is 20.3 Å². The normalized spacial score (nSPS) is 14.4. The second-order valence-electron chi connectivity index (χ2n) is 3.54. The van der Waals surface area contributed by atoms with Crippen LogP contribution in [0.15, 0.2) is 12.2 Å². The lowest BCUT2D eigenvalue weighted by Gasteiger charge is -2.13. The van der Waals surface area contributed by atoms with E-state index in [9.17, 15) is 9.90 Å². The van der Waals surface area contributed by atoms with Crippen molar-refractivity contribution in [1.82, 2.24) is 5.32 Å². The predicted molar refractivity (Wildman–Crippen MR) is 56.3 cm³/mol. The Morgan fingerprint density at radius 3 is 2.53 bits per heavy atom. The standard InChI is InChI=1S/C10H19NO4/c1-7(2)10(14)15-6-9(13)5-11-4-8(3)12/h8-9,11-13H,1,4-6H2,2-3H3. The van der Waals surface area contributed by atoms with E-state index in [1.54, 1.807) is 13.8 Å². The smallest absolute Gasteiger partial charge is 0.333 e. The van der Waals surface area contributed by atoms with Crippen molar-refractivity contribution in [2.24, 2.45) is 0 Å². The molecule has 0 aliphatic heterocycles. The van der Waals surface area contributed by atoms with Gasteiger partial charge >= 0.3 is 5.97 Å². The van der Waals surface area contributed by atoms with Gasteiger partial charge in [-0.3, -0.25) is 0 Å². The number of hydrogen-bond acceptors (Lipinski definition) is 5. The van der Waals surface area contributed by atoms with Crippen LogP contribution in [0.4, 0.5) is 0 Å². The van der Waals surface area contributed by atoms with Gasteiger partial charge in [0.15, 0.2) is 0 Å². The van der Waals surface area contributed by atoms with Crippen molar-refractivity contribution in [3.63, 3.8) is 0 Å². The van der Waals surface area contributed by atoms with Crippen LogP contribution in [0, 0.1) is 0 Å². The molecule has 0 aromatic heterocycles. The summed E-state index contributed by atoms with van der Waals surface area (Å²) in [6.45, 7) is 7.19. The maximum atomic E-state index is 10.9. The highest BCUT2D eigenvalue weighted by Crippen LogP contribution is 1.93. The van der Waals surface area contributed by atoms with Gasteiger partial charge in [-0.15, -0.1) is 0 Å². The van der Waals surface area contributed by atoms with Crippen LogP contribution in [-0.4, -0.2) is 48.1 Å². The number of ether oxygens (including phenoxy) is 1. The topological polar surface area (TPSA) is 78.8 Å². The Morgan fingerprint density at radius 1 is 1.47 bits per heavy atom. The Morgan fingerprint density at radius 2 is 2.07 bits per heavy atom. The van der Waals surface area contributed by atoms with Crippen molar-refractivity contribution < 1.29 is 19.7 Å². The molecule has 0 bridgehead atoms. The highest BCUT2D eigenvalue weighted by Gasteiger charge is 2.09. The second-order valence-corrected chi connectivity index (χ2v) is 3.54. The van der Waals surface area contributed by atoms with Crippen molar-refractivity contribution in [3.05, 3.63) is 12.2 Å². The molecule has 5 heteroatoms. The summed E-state index contributed by atoms with van der Waals surface area (Å²) in [5.41, 5.74) is 0.305. The molecule has 0 saturated heterocycles. The molecular weight excluding hydrogens is 198 g/mol. The zero-order valence-corrected chi connectivity index (χ0v) is 9.19. The lowest BCUT2D eigenvalue weighted by atomic mass is 10.3. The van der Waals surface area contributed by atoms with Gasteiger partial charge in [0.25, 0.3) is 0 Å². The summed E-state index contributed by atoms with van der Waals surface area (Å²) in [6.07, 6.45) is -1.23. The number of esters is 1. The average molecular weight is 217 g/mol. The second kappa shape index (κ2) is 7.39. The Kier molecular flexibility index (Phi) is 6.94. The first-order chi connectivity index (χ1) is 6.93. The highest BCUT2D eigenvalue weighted by molar-refractivity contribution is 5.86. The number of rotatable bonds is 7. The number of carbonyl (C=O) groups is 1. The number of aliphatic hydroxyl groups is 2. The van der Waals surface area contributed by atoms with Crippen LogP contribution < -0.4 is 5.32 Å². The van der Waals surface area contributed by atoms with Gasteiger partial charge in [-0.05, 0) is 13.8 Å². The van der Waals surface area contributed by atoms with Gasteiger partial charge in [-0.25, -0.2) is 4.79 Å². The first kappa shape index (κ1) is 14.1. The van der Waals surface area contributed by atoms with Crippen molar-refractivity contribution >= 4 is 5.97 Å². The molecule has 0 spiro atoms. The van der Waals surface area contributed by atoms with E-state index < -0.39 is 18.2 Å². The molecule has 0 fully saturated rings. The van der Waals surface area contributed by atoms with Crippen LogP contribution in [0.2, 0.25) is 0 Å². The monoisotopic (exact) mass is 217 g/mol. The van der Waals surface area contributed by atoms with Crippen molar-refractivity contribution in [2.45, 2.75) is 26.1 Å². The number of carbonyl (C=O) groups excluding carboxylic acids is 1. The van der Waals surface area contributed by atoms with Gasteiger partial charge in [-0.2, -0.15) is 0 Å². The summed E-state index contributed by atoms with van der Waals surface area (Å²) in [5, 5.41) is 21.1. The molecule has 0 saturated carbocycles. The van der Waals surface area contributed by atoms with Gasteiger partial charge in [0.05, 0.1) is 6.10 Å². The van der Waals surface area contributed by atoms with Gasteiger partial charge in [-0.1, -0.05) is 6.58 Å². The van der Waals surface area contributed by atoms with E-state index in [2.05, 4.69) is 11.9 Å². The van der Waals surface area contributed by atoms with Crippen LogP contribution >= 0.6 is 0 Å². The van der Waals surface area contributed by atoms with Crippen LogP contribution in [0.25, 0.3) is 0 Å². The van der Waals surface area contributed by atoms with Crippen molar-refractivity contribution in [1.29, 1.82) is 0 Å². The van der Waals surface area contributed by atoms with E-state index in [1.807, 2.05) is 0 Å². The minimum absolute atomic E-state index is 0.0709. The minimum Gasteiger partial charge on any atom is -0.460 e. The average Bonchev–Trinajstić information content (AvgIpc) is 2.13. The number of hydrogen-bond donors (Lipinski definition) is 3. The van der Waals surface area contributed by atoms with Gasteiger partial charge in [0, 0.05) is 18.7 Å². The third kappa shape index (κ3) is 8.11. The molecule has 0 rings (SSSR count). The Bertz CT molecular complexity index is 215. The SMILES string of the molecule is C=C(C)C(=O)OCC(O)CNCC(C)O. The zero-order chi connectivity index (χ0) is 11.8. The molecule has 5 nitrogen and oxygen atoms in total. The molecule has 0 heterocycles. The Balaban J connectivity index is 3.53. The molecule has 0 aliphatic rings. The zero-order valence-electron chi connectivity index (χ0n) is 9.19. The molecular formula is C10H19NO4. The quantitative estimate of drug-likeness (QED) is 0.393. The first-order valence-electron chi connectivity index (χ1n) is 4.83. The first-order valence-corrected chi connectivity index (χ1v) is 4.83. The van der Waals surface area contributed by atoms with Gasteiger partial charge in [0.2, 0.25) is 0 Å². The van der Waals surface area contributed by atoms with Crippen LogP contribution in [-0.2, 0) is 9.53 Å². The molecule has 0 aromatic carbocycles. The molecule has 0 radical (unpaired) electrons. The van der Waals surface area contributed by atoms with E-state index in [1.165, 1.54) is 0 Å². The molecule has 2 atom stereocenters. The fourth-order valence-corrected chi connectivity index (χ4v) is 0.813. The van der Waals surface area contributed by atoms with Gasteiger partial charge in [0.1, 0.15) is 12.7 Å². The van der Waals surface area contributed by atoms with Crippen LogP contribution in [0.5, 0.6) is 0 Å². The molecule has 0 amide bonds. The molecule has 0 aliphatic carbocycles. The fourth-order valence-electron chi connectivity index (χ4n) is 0.813. The summed E-state index contributed by atoms with van der Waals surface area (Å²) in [7, 11) is 0. The largest absolute Gasteiger partial charge is 0.460 e. The van der Waals surface area contributed by atoms with E-state index in [-0.39, 0.29) is 13.2 Å². The molecule has 3 N–H and O–H groups in total. The van der Waals surface area contributed by atoms with E-state index in [0.29, 0.717) is 12.1 Å². The summed E-state index contributed by atoms with van der Waals surface area (Å²) in [5.74, 6) is -0.510. The van der Waals surface area contributed by atoms with Crippen molar-refractivity contribution in [2.75, 3.05) is 19.7 Å². The molecule has 0 aromatic rings. The number of aliphatic hydroxyl groups excluding tert-OH is 2. The van der Waals surface area contributed by atoms with E-state index in [4.69, 9.17) is 9.84 Å². The molecule has 2 unspecified atom stereocenters. The maximum Gasteiger partial charge on any atom is 0.333 e. The van der Waals surface area contributed by atoms with Crippen molar-refractivity contribution in [3.8, 4) is 0 Å².